The fraction of sp³-hybridized carbons (Fsp3) is 0.500. The fourth-order valence-electron chi connectivity index (χ4n) is 2.92. The number of amides is 1. The number of aromatic nitrogens is 3. The summed E-state index contributed by atoms with van der Waals surface area (Å²) in [5.74, 6) is 0. The molecule has 5 heteroatoms. The van der Waals surface area contributed by atoms with E-state index in [9.17, 15) is 4.79 Å². The molecular formula is C14H18N4O. The molecule has 100 valence electrons. The summed E-state index contributed by atoms with van der Waals surface area (Å²) in [6, 6.07) is 8.02. The number of likely N-dealkylation sites (tertiary alicyclic amines) is 1. The second-order valence-corrected chi connectivity index (χ2v) is 5.31. The summed E-state index contributed by atoms with van der Waals surface area (Å²) in [5.41, 5.74) is 1.53. The van der Waals surface area contributed by atoms with E-state index in [1.54, 1.807) is 0 Å². The zero-order chi connectivity index (χ0) is 13.4. The van der Waals surface area contributed by atoms with Gasteiger partial charge in [-0.15, -0.1) is 5.10 Å². The van der Waals surface area contributed by atoms with Crippen LogP contribution in [0.25, 0.3) is 11.0 Å². The first-order valence-corrected chi connectivity index (χ1v) is 6.81. The van der Waals surface area contributed by atoms with E-state index in [1.807, 2.05) is 29.2 Å². The number of rotatable bonds is 0. The third kappa shape index (κ3) is 1.99. The summed E-state index contributed by atoms with van der Waals surface area (Å²) in [5, 5.41) is 8.06. The molecule has 2 aromatic rings. The minimum absolute atomic E-state index is 0.0617. The van der Waals surface area contributed by atoms with E-state index in [1.165, 1.54) is 11.1 Å². The first-order valence-electron chi connectivity index (χ1n) is 6.81. The standard InChI is InChI=1S/C14H18N4O/c1-10-6-5-7-11(2)17(10)14(19)18-13-9-4-3-8-12(13)15-16-18/h3-4,8-11H,5-7H2,1-2H3/t10-,11+. The van der Waals surface area contributed by atoms with Gasteiger partial charge in [0, 0.05) is 12.1 Å². The molecule has 1 aromatic heterocycles. The van der Waals surface area contributed by atoms with Crippen molar-refractivity contribution in [3.8, 4) is 0 Å². The summed E-state index contributed by atoms with van der Waals surface area (Å²) in [4.78, 5) is 14.6. The summed E-state index contributed by atoms with van der Waals surface area (Å²) in [7, 11) is 0. The predicted molar refractivity (Wildman–Crippen MR) is 72.9 cm³/mol. The van der Waals surface area contributed by atoms with Gasteiger partial charge in [-0.3, -0.25) is 0 Å². The molecule has 1 saturated heterocycles. The monoisotopic (exact) mass is 258 g/mol. The van der Waals surface area contributed by atoms with Crippen LogP contribution < -0.4 is 0 Å². The number of carbonyl (C=O) groups excluding carboxylic acids is 1. The normalized spacial score (nSPS) is 23.8. The number of piperidine rings is 1. The summed E-state index contributed by atoms with van der Waals surface area (Å²) in [6.45, 7) is 4.21. The first kappa shape index (κ1) is 12.1. The lowest BCUT2D eigenvalue weighted by Gasteiger charge is -2.38. The van der Waals surface area contributed by atoms with E-state index in [-0.39, 0.29) is 18.1 Å². The second-order valence-electron chi connectivity index (χ2n) is 5.31. The highest BCUT2D eigenvalue weighted by Crippen LogP contribution is 2.24. The fourth-order valence-corrected chi connectivity index (χ4v) is 2.92. The zero-order valence-electron chi connectivity index (χ0n) is 11.3. The third-order valence-electron chi connectivity index (χ3n) is 3.95. The van der Waals surface area contributed by atoms with E-state index in [0.29, 0.717) is 0 Å². The molecule has 0 N–H and O–H groups in total. The predicted octanol–water partition coefficient (Wildman–Crippen LogP) is 2.66. The lowest BCUT2D eigenvalue weighted by atomic mass is 9.98. The summed E-state index contributed by atoms with van der Waals surface area (Å²) < 4.78 is 1.42. The molecule has 2 atom stereocenters. The third-order valence-corrected chi connectivity index (χ3v) is 3.95. The maximum Gasteiger partial charge on any atom is 0.347 e. The molecule has 1 fully saturated rings. The van der Waals surface area contributed by atoms with Gasteiger partial charge in [0.15, 0.2) is 0 Å². The Morgan fingerprint density at radius 1 is 1.21 bits per heavy atom. The minimum atomic E-state index is -0.0617. The van der Waals surface area contributed by atoms with Crippen molar-refractivity contribution in [3.63, 3.8) is 0 Å². The minimum Gasteiger partial charge on any atom is -0.317 e. The van der Waals surface area contributed by atoms with Gasteiger partial charge in [-0.2, -0.15) is 4.68 Å². The maximum atomic E-state index is 12.7. The van der Waals surface area contributed by atoms with Crippen molar-refractivity contribution in [2.24, 2.45) is 0 Å². The molecule has 0 aliphatic carbocycles. The van der Waals surface area contributed by atoms with E-state index < -0.39 is 0 Å². The summed E-state index contributed by atoms with van der Waals surface area (Å²) >= 11 is 0. The van der Waals surface area contributed by atoms with Crippen molar-refractivity contribution in [1.82, 2.24) is 19.9 Å². The van der Waals surface area contributed by atoms with Crippen molar-refractivity contribution in [3.05, 3.63) is 24.3 Å². The van der Waals surface area contributed by atoms with E-state index >= 15 is 0 Å². The molecule has 3 rings (SSSR count). The molecule has 1 aromatic carbocycles. The second kappa shape index (κ2) is 4.64. The molecule has 2 heterocycles. The highest BCUT2D eigenvalue weighted by molar-refractivity contribution is 5.88. The highest BCUT2D eigenvalue weighted by atomic mass is 16.2. The lowest BCUT2D eigenvalue weighted by Crippen LogP contribution is -2.49. The van der Waals surface area contributed by atoms with Crippen LogP contribution in [0.2, 0.25) is 0 Å². The Morgan fingerprint density at radius 3 is 2.63 bits per heavy atom. The van der Waals surface area contributed by atoms with Gasteiger partial charge in [0.2, 0.25) is 0 Å². The Kier molecular flexibility index (Phi) is 2.97. The van der Waals surface area contributed by atoms with E-state index in [0.717, 1.165) is 23.9 Å². The lowest BCUT2D eigenvalue weighted by molar-refractivity contribution is 0.122. The van der Waals surface area contributed by atoms with Gasteiger partial charge in [0.25, 0.3) is 0 Å². The first-order chi connectivity index (χ1) is 9.18. The Morgan fingerprint density at radius 2 is 1.89 bits per heavy atom. The molecule has 1 amide bonds. The van der Waals surface area contributed by atoms with Gasteiger partial charge in [-0.25, -0.2) is 4.79 Å². The SMILES string of the molecule is C[C@@H]1CCC[C@H](C)N1C(=O)n1nnc2ccccc21. The van der Waals surface area contributed by atoms with Gasteiger partial charge in [0.05, 0.1) is 5.52 Å². The van der Waals surface area contributed by atoms with Gasteiger partial charge in [-0.1, -0.05) is 17.3 Å². The molecule has 19 heavy (non-hydrogen) atoms. The molecule has 0 saturated carbocycles. The van der Waals surface area contributed by atoms with Crippen LogP contribution in [0.5, 0.6) is 0 Å². The van der Waals surface area contributed by atoms with Crippen LogP contribution in [0.1, 0.15) is 33.1 Å². The van der Waals surface area contributed by atoms with Gasteiger partial charge >= 0.3 is 6.03 Å². The topological polar surface area (TPSA) is 51.0 Å². The number of nitrogens with zero attached hydrogens (tertiary/aromatic N) is 4. The number of hydrogen-bond acceptors (Lipinski definition) is 3. The van der Waals surface area contributed by atoms with Crippen LogP contribution in [0.15, 0.2) is 24.3 Å². The Labute approximate surface area is 112 Å². The summed E-state index contributed by atoms with van der Waals surface area (Å²) in [6.07, 6.45) is 3.30. The van der Waals surface area contributed by atoms with Crippen LogP contribution in [0.4, 0.5) is 4.79 Å². The Balaban J connectivity index is 1.99. The zero-order valence-corrected chi connectivity index (χ0v) is 11.3. The number of hydrogen-bond donors (Lipinski definition) is 0. The largest absolute Gasteiger partial charge is 0.347 e. The molecule has 1 aliphatic heterocycles. The average Bonchev–Trinajstić information content (AvgIpc) is 2.82. The van der Waals surface area contributed by atoms with Gasteiger partial charge in [0.1, 0.15) is 5.52 Å². The highest BCUT2D eigenvalue weighted by Gasteiger charge is 2.31. The molecular weight excluding hydrogens is 240 g/mol. The van der Waals surface area contributed by atoms with Crippen LogP contribution in [-0.2, 0) is 0 Å². The van der Waals surface area contributed by atoms with Crippen molar-refractivity contribution in [2.45, 2.75) is 45.2 Å². The van der Waals surface area contributed by atoms with Crippen LogP contribution in [0, 0.1) is 0 Å². The van der Waals surface area contributed by atoms with E-state index in [4.69, 9.17) is 0 Å². The van der Waals surface area contributed by atoms with Crippen molar-refractivity contribution in [2.75, 3.05) is 0 Å². The van der Waals surface area contributed by atoms with Crippen LogP contribution in [-0.4, -0.2) is 38.0 Å². The number of fused-ring (bicyclic) bond motifs is 1. The van der Waals surface area contributed by atoms with Crippen LogP contribution >= 0.6 is 0 Å². The number of benzene rings is 1. The van der Waals surface area contributed by atoms with Gasteiger partial charge < -0.3 is 4.90 Å². The van der Waals surface area contributed by atoms with Crippen molar-refractivity contribution in [1.29, 1.82) is 0 Å². The molecule has 0 unspecified atom stereocenters. The molecule has 1 aliphatic rings. The number of carbonyl (C=O) groups is 1. The average molecular weight is 258 g/mol. The Hall–Kier alpha value is -1.91. The smallest absolute Gasteiger partial charge is 0.317 e. The van der Waals surface area contributed by atoms with Crippen molar-refractivity contribution < 1.29 is 4.79 Å². The van der Waals surface area contributed by atoms with E-state index in [2.05, 4.69) is 24.2 Å². The quantitative estimate of drug-likeness (QED) is 0.730. The number of para-hydroxylation sites is 1. The molecule has 0 radical (unpaired) electrons. The van der Waals surface area contributed by atoms with Crippen LogP contribution in [0.3, 0.4) is 0 Å². The molecule has 5 nitrogen and oxygen atoms in total. The Bertz CT molecular complexity index is 596. The maximum absolute atomic E-state index is 12.7. The van der Waals surface area contributed by atoms with Gasteiger partial charge in [-0.05, 0) is 45.2 Å². The molecule has 0 bridgehead atoms. The van der Waals surface area contributed by atoms with Crippen molar-refractivity contribution >= 4 is 17.1 Å². The molecule has 0 spiro atoms.